The van der Waals surface area contributed by atoms with Crippen LogP contribution in [0.15, 0.2) is 60.7 Å². The number of aromatic nitrogens is 3. The van der Waals surface area contributed by atoms with Crippen molar-refractivity contribution in [2.75, 3.05) is 35.4 Å². The van der Waals surface area contributed by atoms with Gasteiger partial charge in [0.05, 0.1) is 24.5 Å². The molecule has 8 heteroatoms. The van der Waals surface area contributed by atoms with E-state index >= 15 is 0 Å². The first-order valence-electron chi connectivity index (χ1n) is 9.07. The number of para-hydroxylation sites is 2. The zero-order chi connectivity index (χ0) is 19.2. The third-order valence-electron chi connectivity index (χ3n) is 4.34. The van der Waals surface area contributed by atoms with Gasteiger partial charge in [-0.25, -0.2) is 0 Å². The van der Waals surface area contributed by atoms with E-state index < -0.39 is 0 Å². The van der Waals surface area contributed by atoms with Crippen molar-refractivity contribution in [2.45, 2.75) is 11.3 Å². The van der Waals surface area contributed by atoms with Gasteiger partial charge in [-0.15, -0.1) is 0 Å². The molecule has 1 unspecified atom stereocenters. The van der Waals surface area contributed by atoms with E-state index in [9.17, 15) is 0 Å². The fourth-order valence-corrected chi connectivity index (χ4v) is 3.63. The summed E-state index contributed by atoms with van der Waals surface area (Å²) in [6.45, 7) is 1.37. The summed E-state index contributed by atoms with van der Waals surface area (Å²) in [7, 11) is 0. The van der Waals surface area contributed by atoms with Gasteiger partial charge in [0.2, 0.25) is 17.8 Å². The number of nitrogens with one attached hydrogen (secondary N) is 3. The number of benzene rings is 2. The molecule has 0 aliphatic carbocycles. The standard InChI is InChI=1S/C20H22N6OS/c1-28-17-13-27-12-16(17)23-20-25-18(21-14-8-4-2-5-9-14)24-19(26-20)22-15-10-6-3-7-11-15/h2-11,16-17H,12-13H2,1H3,(H3,21,22,23,24,25,26)/t16-,17?/m1/s1. The van der Waals surface area contributed by atoms with Crippen LogP contribution in [0.25, 0.3) is 0 Å². The molecule has 0 radical (unpaired) electrons. The number of nitrogens with zero attached hydrogens (tertiary/aromatic N) is 3. The molecule has 1 saturated heterocycles. The average molecular weight is 395 g/mol. The molecular weight excluding hydrogens is 372 g/mol. The summed E-state index contributed by atoms with van der Waals surface area (Å²) in [6, 6.07) is 19.8. The molecule has 144 valence electrons. The smallest absolute Gasteiger partial charge is 0.233 e. The maximum atomic E-state index is 5.60. The van der Waals surface area contributed by atoms with Crippen LogP contribution in [-0.2, 0) is 4.74 Å². The molecule has 1 fully saturated rings. The Hall–Kier alpha value is -2.84. The van der Waals surface area contributed by atoms with E-state index in [0.717, 1.165) is 18.0 Å². The van der Waals surface area contributed by atoms with Crippen molar-refractivity contribution < 1.29 is 4.74 Å². The number of hydrogen-bond acceptors (Lipinski definition) is 8. The van der Waals surface area contributed by atoms with Crippen LogP contribution in [0.2, 0.25) is 0 Å². The first-order valence-corrected chi connectivity index (χ1v) is 10.4. The van der Waals surface area contributed by atoms with Gasteiger partial charge in [-0.2, -0.15) is 26.7 Å². The second kappa shape index (κ2) is 8.90. The highest BCUT2D eigenvalue weighted by atomic mass is 32.2. The molecule has 4 rings (SSSR count). The van der Waals surface area contributed by atoms with Crippen molar-refractivity contribution >= 4 is 41.0 Å². The zero-order valence-corrected chi connectivity index (χ0v) is 16.3. The van der Waals surface area contributed by atoms with E-state index in [-0.39, 0.29) is 6.04 Å². The fourth-order valence-electron chi connectivity index (χ4n) is 2.92. The molecule has 7 nitrogen and oxygen atoms in total. The van der Waals surface area contributed by atoms with Crippen LogP contribution in [0.5, 0.6) is 0 Å². The largest absolute Gasteiger partial charge is 0.378 e. The summed E-state index contributed by atoms with van der Waals surface area (Å²) in [5.41, 5.74) is 1.83. The number of thioether (sulfide) groups is 1. The monoisotopic (exact) mass is 394 g/mol. The molecule has 0 amide bonds. The lowest BCUT2D eigenvalue weighted by atomic mass is 10.2. The van der Waals surface area contributed by atoms with Gasteiger partial charge in [0.1, 0.15) is 0 Å². The maximum absolute atomic E-state index is 5.60. The summed E-state index contributed by atoms with van der Waals surface area (Å²) < 4.78 is 5.60. The summed E-state index contributed by atoms with van der Waals surface area (Å²) in [5, 5.41) is 10.3. The van der Waals surface area contributed by atoms with Gasteiger partial charge in [-0.05, 0) is 30.5 Å². The minimum Gasteiger partial charge on any atom is -0.378 e. The molecule has 3 N–H and O–H groups in total. The van der Waals surface area contributed by atoms with Crippen molar-refractivity contribution in [2.24, 2.45) is 0 Å². The molecule has 0 bridgehead atoms. The minimum atomic E-state index is 0.159. The van der Waals surface area contributed by atoms with Gasteiger partial charge >= 0.3 is 0 Å². The Morgan fingerprint density at radius 1 is 0.786 bits per heavy atom. The second-order valence-electron chi connectivity index (χ2n) is 6.35. The van der Waals surface area contributed by atoms with Crippen LogP contribution in [0.1, 0.15) is 0 Å². The third kappa shape index (κ3) is 4.71. The van der Waals surface area contributed by atoms with Crippen molar-refractivity contribution in [1.29, 1.82) is 0 Å². The first kappa shape index (κ1) is 18.5. The predicted octanol–water partition coefficient (Wildman–Crippen LogP) is 3.90. The van der Waals surface area contributed by atoms with Gasteiger partial charge in [0, 0.05) is 11.4 Å². The molecule has 1 aliphatic heterocycles. The molecule has 0 spiro atoms. The van der Waals surface area contributed by atoms with Crippen molar-refractivity contribution in [1.82, 2.24) is 15.0 Å². The Morgan fingerprint density at radius 2 is 1.32 bits per heavy atom. The molecule has 2 heterocycles. The highest BCUT2D eigenvalue weighted by molar-refractivity contribution is 7.99. The van der Waals surface area contributed by atoms with E-state index in [1.165, 1.54) is 0 Å². The highest BCUT2D eigenvalue weighted by Crippen LogP contribution is 2.23. The Kier molecular flexibility index (Phi) is 5.89. The molecule has 0 saturated carbocycles. The van der Waals surface area contributed by atoms with E-state index in [0.29, 0.717) is 29.7 Å². The molecule has 2 atom stereocenters. The number of rotatable bonds is 7. The minimum absolute atomic E-state index is 0.159. The van der Waals surface area contributed by atoms with Crippen LogP contribution in [-0.4, -0.2) is 45.7 Å². The SMILES string of the molecule is CSC1COC[C@H]1Nc1nc(Nc2ccccc2)nc(Nc2ccccc2)n1. The summed E-state index contributed by atoms with van der Waals surface area (Å²) in [4.78, 5) is 13.6. The highest BCUT2D eigenvalue weighted by Gasteiger charge is 2.28. The lowest BCUT2D eigenvalue weighted by molar-refractivity contribution is 0.196. The third-order valence-corrected chi connectivity index (χ3v) is 5.41. The Morgan fingerprint density at radius 3 is 1.86 bits per heavy atom. The van der Waals surface area contributed by atoms with Crippen molar-refractivity contribution in [3.63, 3.8) is 0 Å². The normalized spacial score (nSPS) is 18.6. The molecule has 28 heavy (non-hydrogen) atoms. The molecule has 1 aliphatic rings. The van der Waals surface area contributed by atoms with E-state index in [1.807, 2.05) is 60.7 Å². The molecule has 2 aromatic carbocycles. The van der Waals surface area contributed by atoms with Gasteiger partial charge in [-0.1, -0.05) is 36.4 Å². The van der Waals surface area contributed by atoms with Gasteiger partial charge in [-0.3, -0.25) is 0 Å². The number of ether oxygens (including phenoxy) is 1. The van der Waals surface area contributed by atoms with Crippen molar-refractivity contribution in [3.05, 3.63) is 60.7 Å². The Labute approximate surface area is 168 Å². The van der Waals surface area contributed by atoms with Crippen LogP contribution >= 0.6 is 11.8 Å². The lowest BCUT2D eigenvalue weighted by Crippen LogP contribution is -2.30. The fraction of sp³-hybridized carbons (Fsp3) is 0.250. The Balaban J connectivity index is 1.60. The number of anilines is 5. The molecule has 3 aromatic rings. The van der Waals surface area contributed by atoms with Gasteiger partial charge < -0.3 is 20.7 Å². The Bertz CT molecular complexity index is 836. The van der Waals surface area contributed by atoms with Gasteiger partial charge in [0.15, 0.2) is 0 Å². The van der Waals surface area contributed by atoms with Gasteiger partial charge in [0.25, 0.3) is 0 Å². The second-order valence-corrected chi connectivity index (χ2v) is 7.43. The molecule has 1 aromatic heterocycles. The topological polar surface area (TPSA) is 84.0 Å². The average Bonchev–Trinajstić information content (AvgIpc) is 3.16. The van der Waals surface area contributed by atoms with E-state index in [4.69, 9.17) is 4.74 Å². The summed E-state index contributed by atoms with van der Waals surface area (Å²) in [6.07, 6.45) is 2.09. The van der Waals surface area contributed by atoms with Crippen molar-refractivity contribution in [3.8, 4) is 0 Å². The van der Waals surface area contributed by atoms with Crippen LogP contribution < -0.4 is 16.0 Å². The first-order chi connectivity index (χ1) is 13.8. The quantitative estimate of drug-likeness (QED) is 0.556. The predicted molar refractivity (Wildman–Crippen MR) is 115 cm³/mol. The zero-order valence-electron chi connectivity index (χ0n) is 15.5. The summed E-state index contributed by atoms with van der Waals surface area (Å²) >= 11 is 1.78. The van der Waals surface area contributed by atoms with Crippen LogP contribution in [0.4, 0.5) is 29.2 Å². The maximum Gasteiger partial charge on any atom is 0.233 e. The number of hydrogen-bond donors (Lipinski definition) is 3. The summed E-state index contributed by atoms with van der Waals surface area (Å²) in [5.74, 6) is 1.46. The molecular formula is C20H22N6OS. The van der Waals surface area contributed by atoms with Crippen LogP contribution in [0.3, 0.4) is 0 Å². The van der Waals surface area contributed by atoms with Crippen LogP contribution in [0, 0.1) is 0 Å². The van der Waals surface area contributed by atoms with E-state index in [2.05, 4.69) is 37.2 Å². The lowest BCUT2D eigenvalue weighted by Gasteiger charge is -2.18. The van der Waals surface area contributed by atoms with E-state index in [1.54, 1.807) is 11.8 Å².